The summed E-state index contributed by atoms with van der Waals surface area (Å²) < 4.78 is 11.0. The van der Waals surface area contributed by atoms with Crippen LogP contribution in [0.5, 0.6) is 11.5 Å². The summed E-state index contributed by atoms with van der Waals surface area (Å²) >= 11 is 0. The predicted molar refractivity (Wildman–Crippen MR) is 124 cm³/mol. The van der Waals surface area contributed by atoms with E-state index in [4.69, 9.17) is 9.47 Å². The zero-order valence-electron chi connectivity index (χ0n) is 19.6. The number of rotatable bonds is 1. The van der Waals surface area contributed by atoms with Crippen LogP contribution in [0, 0.1) is 0 Å². The molecule has 186 valence electrons. The molecule has 0 unspecified atom stereocenters. The van der Waals surface area contributed by atoms with Gasteiger partial charge in [0.15, 0.2) is 11.5 Å². The van der Waals surface area contributed by atoms with Gasteiger partial charge in [-0.2, -0.15) is 0 Å². The molecule has 11 heteroatoms. The van der Waals surface area contributed by atoms with E-state index in [9.17, 15) is 19.2 Å². The first-order valence-corrected chi connectivity index (χ1v) is 11.6. The minimum atomic E-state index is -0.798. The molecule has 4 N–H and O–H groups in total. The lowest BCUT2D eigenvalue weighted by molar-refractivity contribution is -0.139. The minimum absolute atomic E-state index is 0.157. The summed E-state index contributed by atoms with van der Waals surface area (Å²) in [4.78, 5) is 51.9. The average molecular weight is 476 g/mol. The van der Waals surface area contributed by atoms with Crippen LogP contribution in [0.1, 0.15) is 36.5 Å². The van der Waals surface area contributed by atoms with Crippen molar-refractivity contribution in [2.75, 3.05) is 46.4 Å². The van der Waals surface area contributed by atoms with E-state index in [1.54, 1.807) is 19.1 Å². The standard InChI is InChI=1S/C23H33N5O6/c1-15-23(32)28-11-3-5-17(28)22(31)26-9-4-8-24-14-20(29)25-10-12-34-18-7-6-16(21(30)27-15)13-19(18)33-2/h6-7,13,15,17,24H,3-5,8-12,14H2,1-2H3,(H,25,29)(H,26,31)(H,27,30)/t15-,17+/m0/s1. The van der Waals surface area contributed by atoms with Gasteiger partial charge >= 0.3 is 0 Å². The average Bonchev–Trinajstić information content (AvgIpc) is 3.32. The Bertz CT molecular complexity index is 908. The Morgan fingerprint density at radius 2 is 1.88 bits per heavy atom. The highest BCUT2D eigenvalue weighted by Gasteiger charge is 2.36. The summed E-state index contributed by atoms with van der Waals surface area (Å²) in [5, 5.41) is 11.4. The summed E-state index contributed by atoms with van der Waals surface area (Å²) in [6.45, 7) is 3.76. The molecule has 2 atom stereocenters. The Morgan fingerprint density at radius 1 is 1.06 bits per heavy atom. The molecule has 1 aromatic rings. The maximum absolute atomic E-state index is 13.0. The summed E-state index contributed by atoms with van der Waals surface area (Å²) in [6.07, 6.45) is 1.94. The zero-order valence-corrected chi connectivity index (χ0v) is 19.6. The highest BCUT2D eigenvalue weighted by molar-refractivity contribution is 5.98. The SMILES string of the molecule is COc1cc2ccc1OCCNC(=O)CNCCCNC(=O)[C@H]1CCCN1C(=O)[C@H](C)NC2=O. The predicted octanol–water partition coefficient (Wildman–Crippen LogP) is -0.591. The maximum Gasteiger partial charge on any atom is 0.252 e. The lowest BCUT2D eigenvalue weighted by Gasteiger charge is -2.27. The van der Waals surface area contributed by atoms with Gasteiger partial charge in [0.25, 0.3) is 5.91 Å². The van der Waals surface area contributed by atoms with Gasteiger partial charge in [0, 0.05) is 18.7 Å². The second-order valence-corrected chi connectivity index (χ2v) is 8.27. The van der Waals surface area contributed by atoms with Gasteiger partial charge in [-0.25, -0.2) is 0 Å². The molecule has 1 saturated heterocycles. The largest absolute Gasteiger partial charge is 0.493 e. The maximum atomic E-state index is 13.0. The van der Waals surface area contributed by atoms with Gasteiger partial charge in [0.2, 0.25) is 17.7 Å². The molecule has 2 bridgehead atoms. The van der Waals surface area contributed by atoms with Crippen LogP contribution in [0.4, 0.5) is 0 Å². The van der Waals surface area contributed by atoms with Gasteiger partial charge in [-0.05, 0) is 50.9 Å². The van der Waals surface area contributed by atoms with Gasteiger partial charge in [-0.15, -0.1) is 0 Å². The molecule has 0 aliphatic carbocycles. The molecule has 3 heterocycles. The summed E-state index contributed by atoms with van der Waals surface area (Å²) in [5.41, 5.74) is 0.307. The Morgan fingerprint density at radius 3 is 2.68 bits per heavy atom. The molecule has 3 aliphatic rings. The molecular formula is C23H33N5O6. The third-order valence-corrected chi connectivity index (χ3v) is 5.78. The van der Waals surface area contributed by atoms with E-state index in [0.29, 0.717) is 56.1 Å². The second kappa shape index (κ2) is 12.2. The van der Waals surface area contributed by atoms with Crippen LogP contribution in [-0.2, 0) is 14.4 Å². The molecule has 4 amide bonds. The molecule has 1 fully saturated rings. The van der Waals surface area contributed by atoms with Crippen LogP contribution < -0.4 is 30.7 Å². The fourth-order valence-electron chi connectivity index (χ4n) is 3.98. The number of amides is 4. The van der Waals surface area contributed by atoms with Gasteiger partial charge in [0.1, 0.15) is 18.7 Å². The van der Waals surface area contributed by atoms with E-state index < -0.39 is 18.0 Å². The van der Waals surface area contributed by atoms with Crippen molar-refractivity contribution >= 4 is 23.6 Å². The number of nitrogens with one attached hydrogen (secondary N) is 4. The van der Waals surface area contributed by atoms with Crippen LogP contribution in [0.3, 0.4) is 0 Å². The quantitative estimate of drug-likeness (QED) is 0.398. The Labute approximate surface area is 198 Å². The first-order chi connectivity index (χ1) is 16.4. The number of hydrogen-bond acceptors (Lipinski definition) is 7. The third-order valence-electron chi connectivity index (χ3n) is 5.78. The van der Waals surface area contributed by atoms with Gasteiger partial charge in [-0.3, -0.25) is 19.2 Å². The highest BCUT2D eigenvalue weighted by Crippen LogP contribution is 2.28. The van der Waals surface area contributed by atoms with Crippen LogP contribution >= 0.6 is 0 Å². The van der Waals surface area contributed by atoms with E-state index in [1.165, 1.54) is 18.1 Å². The Hall–Kier alpha value is -3.34. The number of hydrogen-bond donors (Lipinski definition) is 4. The van der Waals surface area contributed by atoms with Crippen LogP contribution in [-0.4, -0.2) is 87.1 Å². The van der Waals surface area contributed by atoms with Crippen molar-refractivity contribution < 1.29 is 28.7 Å². The van der Waals surface area contributed by atoms with Gasteiger partial charge in [-0.1, -0.05) is 0 Å². The Balaban J connectivity index is 1.74. The monoisotopic (exact) mass is 475 g/mol. The fourth-order valence-corrected chi connectivity index (χ4v) is 3.98. The smallest absolute Gasteiger partial charge is 0.252 e. The highest BCUT2D eigenvalue weighted by atomic mass is 16.5. The van der Waals surface area contributed by atoms with E-state index in [-0.39, 0.29) is 30.9 Å². The minimum Gasteiger partial charge on any atom is -0.493 e. The van der Waals surface area contributed by atoms with Crippen molar-refractivity contribution in [3.63, 3.8) is 0 Å². The fraction of sp³-hybridized carbons (Fsp3) is 0.565. The first kappa shape index (κ1) is 25.3. The molecule has 4 rings (SSSR count). The van der Waals surface area contributed by atoms with Gasteiger partial charge < -0.3 is 35.6 Å². The lowest BCUT2D eigenvalue weighted by Crippen LogP contribution is -2.52. The van der Waals surface area contributed by atoms with Crippen molar-refractivity contribution in [1.82, 2.24) is 26.2 Å². The van der Waals surface area contributed by atoms with E-state index in [1.807, 2.05) is 0 Å². The number of methoxy groups -OCH3 is 1. The van der Waals surface area contributed by atoms with Crippen LogP contribution in [0.15, 0.2) is 18.2 Å². The van der Waals surface area contributed by atoms with Crippen molar-refractivity contribution in [2.24, 2.45) is 0 Å². The first-order valence-electron chi connectivity index (χ1n) is 11.6. The molecule has 0 saturated carbocycles. The normalized spacial score (nSPS) is 23.5. The lowest BCUT2D eigenvalue weighted by atomic mass is 10.1. The molecule has 34 heavy (non-hydrogen) atoms. The molecular weight excluding hydrogens is 442 g/mol. The molecule has 3 aliphatic heterocycles. The number of fused-ring (bicyclic) bond motifs is 16. The molecule has 11 nitrogen and oxygen atoms in total. The van der Waals surface area contributed by atoms with Crippen molar-refractivity contribution in [3.05, 3.63) is 23.8 Å². The number of ether oxygens (including phenoxy) is 2. The van der Waals surface area contributed by atoms with Gasteiger partial charge in [0.05, 0.1) is 20.2 Å². The topological polar surface area (TPSA) is 138 Å². The van der Waals surface area contributed by atoms with Crippen molar-refractivity contribution in [2.45, 2.75) is 38.3 Å². The number of carbonyl (C=O) groups is 4. The molecule has 0 aromatic heterocycles. The summed E-state index contributed by atoms with van der Waals surface area (Å²) in [6, 6.07) is 3.36. The van der Waals surface area contributed by atoms with E-state index in [2.05, 4.69) is 21.3 Å². The second-order valence-electron chi connectivity index (χ2n) is 8.27. The van der Waals surface area contributed by atoms with E-state index in [0.717, 1.165) is 6.42 Å². The number of benzene rings is 1. The molecule has 0 spiro atoms. The van der Waals surface area contributed by atoms with Crippen molar-refractivity contribution in [3.8, 4) is 11.5 Å². The van der Waals surface area contributed by atoms with Crippen LogP contribution in [0.2, 0.25) is 0 Å². The number of carbonyl (C=O) groups excluding carboxylic acids is 4. The Kier molecular flexibility index (Phi) is 9.08. The zero-order chi connectivity index (χ0) is 24.5. The summed E-state index contributed by atoms with van der Waals surface area (Å²) in [5.74, 6) is -0.310. The molecule has 1 aromatic carbocycles. The van der Waals surface area contributed by atoms with Crippen LogP contribution in [0.25, 0.3) is 0 Å². The van der Waals surface area contributed by atoms with Crippen molar-refractivity contribution in [1.29, 1.82) is 0 Å². The van der Waals surface area contributed by atoms with E-state index >= 15 is 0 Å². The number of nitrogens with zero attached hydrogens (tertiary/aromatic N) is 1. The third kappa shape index (κ3) is 6.60. The summed E-state index contributed by atoms with van der Waals surface area (Å²) in [7, 11) is 1.46. The molecule has 0 radical (unpaired) electrons.